The second-order valence-corrected chi connectivity index (χ2v) is 3.02. The highest BCUT2D eigenvalue weighted by atomic mass is 14.0. The summed E-state index contributed by atoms with van der Waals surface area (Å²) in [6.07, 6.45) is 4.30. The van der Waals surface area contributed by atoms with E-state index in [0.717, 1.165) is 18.4 Å². The Balaban J connectivity index is 3.72. The largest absolute Gasteiger partial charge is 0.0959 e. The smallest absolute Gasteiger partial charge is 0.0245 e. The summed E-state index contributed by atoms with van der Waals surface area (Å²) < 4.78 is 0. The molecule has 0 heterocycles. The van der Waals surface area contributed by atoms with Crippen molar-refractivity contribution in [1.82, 2.24) is 0 Å². The third-order valence-corrected chi connectivity index (χ3v) is 1.92. The van der Waals surface area contributed by atoms with E-state index in [1.165, 1.54) is 11.1 Å². The number of rotatable bonds is 4. The first kappa shape index (κ1) is 10.2. The van der Waals surface area contributed by atoms with Gasteiger partial charge in [0.2, 0.25) is 0 Å². The molecule has 0 radical (unpaired) electrons. The molecule has 0 N–H and O–H groups in total. The maximum Gasteiger partial charge on any atom is -0.0245 e. The van der Waals surface area contributed by atoms with E-state index in [9.17, 15) is 0 Å². The van der Waals surface area contributed by atoms with Crippen LogP contribution in [0.3, 0.4) is 0 Å². The van der Waals surface area contributed by atoms with E-state index in [4.69, 9.17) is 0 Å². The van der Waals surface area contributed by atoms with Crippen molar-refractivity contribution in [3.63, 3.8) is 0 Å². The molecule has 0 aromatic carbocycles. The zero-order chi connectivity index (χ0) is 8.85. The van der Waals surface area contributed by atoms with E-state index in [2.05, 4.69) is 33.1 Å². The zero-order valence-corrected chi connectivity index (χ0v) is 7.91. The molecule has 0 atom stereocenters. The predicted molar refractivity (Wildman–Crippen MR) is 52.6 cm³/mol. The maximum atomic E-state index is 3.93. The molecule has 0 nitrogen and oxygen atoms in total. The van der Waals surface area contributed by atoms with Crippen molar-refractivity contribution < 1.29 is 0 Å². The van der Waals surface area contributed by atoms with Gasteiger partial charge >= 0.3 is 0 Å². The van der Waals surface area contributed by atoms with Crippen LogP contribution in [0.25, 0.3) is 0 Å². The summed E-state index contributed by atoms with van der Waals surface area (Å²) in [4.78, 5) is 0. The summed E-state index contributed by atoms with van der Waals surface area (Å²) in [5, 5.41) is 0. The highest BCUT2D eigenvalue weighted by molar-refractivity contribution is 5.23. The van der Waals surface area contributed by atoms with Crippen LogP contribution >= 0.6 is 0 Å². The Morgan fingerprint density at radius 3 is 2.09 bits per heavy atom. The average molecular weight is 150 g/mol. The molecule has 0 amide bonds. The van der Waals surface area contributed by atoms with E-state index in [1.54, 1.807) is 0 Å². The minimum atomic E-state index is 1.05. The van der Waals surface area contributed by atoms with E-state index >= 15 is 0 Å². The van der Waals surface area contributed by atoms with Crippen LogP contribution in [0, 0.1) is 0 Å². The molecule has 0 rings (SSSR count). The number of hydrogen-bond donors (Lipinski definition) is 0. The molecule has 62 valence electrons. The van der Waals surface area contributed by atoms with Crippen LogP contribution in [0.1, 0.15) is 33.6 Å². The summed E-state index contributed by atoms with van der Waals surface area (Å²) in [6.45, 7) is 14.0. The molecule has 0 aromatic rings. The van der Waals surface area contributed by atoms with E-state index < -0.39 is 0 Å². The van der Waals surface area contributed by atoms with Crippen LogP contribution in [-0.4, -0.2) is 0 Å². The van der Waals surface area contributed by atoms with Crippen molar-refractivity contribution in [2.45, 2.75) is 33.6 Å². The number of allylic oxidation sites excluding steroid dienone is 4. The van der Waals surface area contributed by atoms with Gasteiger partial charge in [-0.05, 0) is 33.6 Å². The molecule has 0 fully saturated rings. The lowest BCUT2D eigenvalue weighted by atomic mass is 10.0. The molecular formula is C11H18. The SMILES string of the molecule is C=C(C)C(=C)CCC(C)=CC. The molecule has 0 aromatic heterocycles. The molecular weight excluding hydrogens is 132 g/mol. The van der Waals surface area contributed by atoms with E-state index in [1.807, 2.05) is 6.92 Å². The van der Waals surface area contributed by atoms with Crippen LogP contribution < -0.4 is 0 Å². The fourth-order valence-corrected chi connectivity index (χ4v) is 0.706. The Morgan fingerprint density at radius 1 is 1.18 bits per heavy atom. The molecule has 0 aliphatic heterocycles. The normalized spacial score (nSPS) is 11.4. The van der Waals surface area contributed by atoms with Gasteiger partial charge in [-0.1, -0.05) is 36.0 Å². The highest BCUT2D eigenvalue weighted by Gasteiger charge is 1.94. The Bertz CT molecular complexity index is 182. The standard InChI is InChI=1S/C11H18/c1-6-10(4)7-8-11(5)9(2)3/h6H,2,5,7-8H2,1,3-4H3. The van der Waals surface area contributed by atoms with Crippen LogP contribution in [-0.2, 0) is 0 Å². The summed E-state index contributed by atoms with van der Waals surface area (Å²) >= 11 is 0. The second kappa shape index (κ2) is 4.95. The molecule has 0 saturated carbocycles. The van der Waals surface area contributed by atoms with Crippen molar-refractivity contribution in [2.75, 3.05) is 0 Å². The minimum absolute atomic E-state index is 1.05. The fraction of sp³-hybridized carbons (Fsp3) is 0.455. The summed E-state index contributed by atoms with van der Waals surface area (Å²) in [5.74, 6) is 0. The van der Waals surface area contributed by atoms with Gasteiger partial charge in [-0.2, -0.15) is 0 Å². The van der Waals surface area contributed by atoms with E-state index in [-0.39, 0.29) is 0 Å². The first-order chi connectivity index (χ1) is 5.07. The molecule has 0 bridgehead atoms. The quantitative estimate of drug-likeness (QED) is 0.421. The van der Waals surface area contributed by atoms with Gasteiger partial charge in [0.1, 0.15) is 0 Å². The average Bonchev–Trinajstić information content (AvgIpc) is 1.99. The summed E-state index contributed by atoms with van der Waals surface area (Å²) in [6, 6.07) is 0. The van der Waals surface area contributed by atoms with Crippen molar-refractivity contribution in [3.05, 3.63) is 36.0 Å². The van der Waals surface area contributed by atoms with Crippen LogP contribution in [0.5, 0.6) is 0 Å². The number of hydrogen-bond acceptors (Lipinski definition) is 0. The predicted octanol–water partition coefficient (Wildman–Crippen LogP) is 3.87. The fourth-order valence-electron chi connectivity index (χ4n) is 0.706. The van der Waals surface area contributed by atoms with Gasteiger partial charge in [-0.3, -0.25) is 0 Å². The van der Waals surface area contributed by atoms with Crippen molar-refractivity contribution >= 4 is 0 Å². The van der Waals surface area contributed by atoms with Gasteiger partial charge in [-0.15, -0.1) is 0 Å². The lowest BCUT2D eigenvalue weighted by Gasteiger charge is -2.03. The Labute approximate surface area is 70.3 Å². The van der Waals surface area contributed by atoms with Crippen molar-refractivity contribution in [1.29, 1.82) is 0 Å². The molecule has 0 aliphatic rings. The van der Waals surface area contributed by atoms with Crippen LogP contribution in [0.15, 0.2) is 36.0 Å². The summed E-state index contributed by atoms with van der Waals surface area (Å²) in [7, 11) is 0. The topological polar surface area (TPSA) is 0 Å². The minimum Gasteiger partial charge on any atom is -0.0959 e. The highest BCUT2D eigenvalue weighted by Crippen LogP contribution is 2.14. The van der Waals surface area contributed by atoms with Gasteiger partial charge in [-0.25, -0.2) is 0 Å². The Kier molecular flexibility index (Phi) is 4.60. The van der Waals surface area contributed by atoms with Crippen molar-refractivity contribution in [3.8, 4) is 0 Å². The molecule has 0 spiro atoms. The third-order valence-electron chi connectivity index (χ3n) is 1.92. The van der Waals surface area contributed by atoms with Crippen LogP contribution in [0.4, 0.5) is 0 Å². The van der Waals surface area contributed by atoms with Gasteiger partial charge < -0.3 is 0 Å². The lowest BCUT2D eigenvalue weighted by Crippen LogP contribution is -1.83. The van der Waals surface area contributed by atoms with Gasteiger partial charge in [0, 0.05) is 0 Å². The zero-order valence-electron chi connectivity index (χ0n) is 7.91. The van der Waals surface area contributed by atoms with Gasteiger partial charge in [0.25, 0.3) is 0 Å². The monoisotopic (exact) mass is 150 g/mol. The second-order valence-electron chi connectivity index (χ2n) is 3.02. The molecule has 0 unspecified atom stereocenters. The molecule has 0 saturated heterocycles. The van der Waals surface area contributed by atoms with Gasteiger partial charge in [0.15, 0.2) is 0 Å². The van der Waals surface area contributed by atoms with E-state index in [0.29, 0.717) is 0 Å². The first-order valence-corrected chi connectivity index (χ1v) is 4.03. The third kappa shape index (κ3) is 4.60. The maximum absolute atomic E-state index is 3.93. The molecule has 0 heteroatoms. The lowest BCUT2D eigenvalue weighted by molar-refractivity contribution is 0.932. The Hall–Kier alpha value is -0.780. The van der Waals surface area contributed by atoms with Crippen molar-refractivity contribution in [2.24, 2.45) is 0 Å². The molecule has 11 heavy (non-hydrogen) atoms. The van der Waals surface area contributed by atoms with Crippen LogP contribution in [0.2, 0.25) is 0 Å². The van der Waals surface area contributed by atoms with Gasteiger partial charge in [0.05, 0.1) is 0 Å². The molecule has 0 aliphatic carbocycles. The first-order valence-electron chi connectivity index (χ1n) is 4.03. The Morgan fingerprint density at radius 2 is 1.73 bits per heavy atom. The summed E-state index contributed by atoms with van der Waals surface area (Å²) in [5.41, 5.74) is 3.70.